The number of halogens is 1. The monoisotopic (exact) mass is 345 g/mol. The maximum Gasteiger partial charge on any atom is 0.339 e. The molecule has 1 aliphatic heterocycles. The van der Waals surface area contributed by atoms with Gasteiger partial charge in [0.15, 0.2) is 0 Å². The number of nitrogens with one attached hydrogen (secondary N) is 1. The summed E-state index contributed by atoms with van der Waals surface area (Å²) in [5.41, 5.74) is 0.927. The first-order valence-electron chi connectivity index (χ1n) is 8.20. The van der Waals surface area contributed by atoms with Crippen molar-refractivity contribution >= 4 is 5.97 Å². The smallest absolute Gasteiger partial charge is 0.339 e. The molecular formula is C19H20FNO4. The molecule has 2 aromatic carbocycles. The summed E-state index contributed by atoms with van der Waals surface area (Å²) in [6.45, 7) is 2.09. The predicted octanol–water partition coefficient (Wildman–Crippen LogP) is 3.00. The van der Waals surface area contributed by atoms with E-state index in [1.807, 2.05) is 12.1 Å². The number of carbonyl (C=O) groups is 1. The van der Waals surface area contributed by atoms with Gasteiger partial charge in [-0.15, -0.1) is 0 Å². The van der Waals surface area contributed by atoms with E-state index >= 15 is 0 Å². The number of aromatic carboxylic acids is 1. The zero-order valence-corrected chi connectivity index (χ0v) is 13.6. The van der Waals surface area contributed by atoms with Crippen LogP contribution >= 0.6 is 0 Å². The minimum absolute atomic E-state index is 0.157. The highest BCUT2D eigenvalue weighted by Crippen LogP contribution is 2.31. The number of aromatic hydroxyl groups is 1. The van der Waals surface area contributed by atoms with E-state index in [4.69, 9.17) is 9.84 Å². The van der Waals surface area contributed by atoms with Crippen molar-refractivity contribution < 1.29 is 24.1 Å². The molecular weight excluding hydrogens is 325 g/mol. The fraction of sp³-hybridized carbons (Fsp3) is 0.316. The standard InChI is InChI=1S/C19H20FNO4/c20-14-3-1-12(2-4-14)16-7-8-21-10-13(16)11-25-15-5-6-17(19(23)24)18(22)9-15/h1-6,9,13,16,21-22H,7-8,10-11H2,(H,23,24)/t13-,16-/m0/s1. The van der Waals surface area contributed by atoms with Gasteiger partial charge in [-0.25, -0.2) is 9.18 Å². The van der Waals surface area contributed by atoms with Crippen molar-refractivity contribution in [2.24, 2.45) is 5.92 Å². The highest BCUT2D eigenvalue weighted by molar-refractivity contribution is 5.90. The Hall–Kier alpha value is -2.60. The Morgan fingerprint density at radius 2 is 2.00 bits per heavy atom. The molecule has 3 N–H and O–H groups in total. The number of hydrogen-bond donors (Lipinski definition) is 3. The molecule has 0 bridgehead atoms. The van der Waals surface area contributed by atoms with E-state index in [2.05, 4.69) is 5.32 Å². The summed E-state index contributed by atoms with van der Waals surface area (Å²) in [5, 5.41) is 22.0. The molecule has 3 rings (SSSR count). The minimum Gasteiger partial charge on any atom is -0.507 e. The first-order valence-corrected chi connectivity index (χ1v) is 8.20. The van der Waals surface area contributed by atoms with Crippen LogP contribution in [0.1, 0.15) is 28.3 Å². The molecule has 0 amide bonds. The maximum atomic E-state index is 13.1. The van der Waals surface area contributed by atoms with Crippen molar-refractivity contribution in [3.63, 3.8) is 0 Å². The molecule has 132 valence electrons. The molecule has 0 aliphatic carbocycles. The van der Waals surface area contributed by atoms with Gasteiger partial charge in [0, 0.05) is 18.5 Å². The van der Waals surface area contributed by atoms with Crippen LogP contribution in [-0.2, 0) is 0 Å². The lowest BCUT2D eigenvalue weighted by Crippen LogP contribution is -2.38. The SMILES string of the molecule is O=C(O)c1ccc(OC[C@@H]2CNCC[C@H]2c2ccc(F)cc2)cc1O. The highest BCUT2D eigenvalue weighted by Gasteiger charge is 2.27. The summed E-state index contributed by atoms with van der Waals surface area (Å²) < 4.78 is 18.9. The number of benzene rings is 2. The quantitative estimate of drug-likeness (QED) is 0.776. The maximum absolute atomic E-state index is 13.1. The Bertz CT molecular complexity index is 748. The number of hydrogen-bond acceptors (Lipinski definition) is 4. The molecule has 5 nitrogen and oxygen atoms in total. The van der Waals surface area contributed by atoms with Crippen molar-refractivity contribution in [3.8, 4) is 11.5 Å². The summed E-state index contributed by atoms with van der Waals surface area (Å²) in [4.78, 5) is 10.9. The van der Waals surface area contributed by atoms with Crippen LogP contribution in [0.5, 0.6) is 11.5 Å². The number of phenols is 1. The summed E-state index contributed by atoms with van der Waals surface area (Å²) in [5.74, 6) is -0.876. The van der Waals surface area contributed by atoms with E-state index in [1.54, 1.807) is 0 Å². The van der Waals surface area contributed by atoms with Gasteiger partial charge in [-0.05, 0) is 48.7 Å². The molecule has 0 radical (unpaired) electrons. The third kappa shape index (κ3) is 4.09. The van der Waals surface area contributed by atoms with Crippen LogP contribution in [0.2, 0.25) is 0 Å². The van der Waals surface area contributed by atoms with Gasteiger partial charge in [-0.1, -0.05) is 12.1 Å². The van der Waals surface area contributed by atoms with Gasteiger partial charge in [0.1, 0.15) is 22.9 Å². The van der Waals surface area contributed by atoms with E-state index in [0.29, 0.717) is 12.4 Å². The van der Waals surface area contributed by atoms with Crippen LogP contribution in [0.15, 0.2) is 42.5 Å². The normalized spacial score (nSPS) is 20.2. The van der Waals surface area contributed by atoms with Gasteiger partial charge in [0.25, 0.3) is 0 Å². The molecule has 1 saturated heterocycles. The molecule has 0 spiro atoms. The van der Waals surface area contributed by atoms with Gasteiger partial charge in [0.05, 0.1) is 6.61 Å². The van der Waals surface area contributed by atoms with Crippen molar-refractivity contribution in [1.82, 2.24) is 5.32 Å². The van der Waals surface area contributed by atoms with Gasteiger partial charge in [-0.2, -0.15) is 0 Å². The number of piperidine rings is 1. The molecule has 1 heterocycles. The number of carboxylic acids is 1. The lowest BCUT2D eigenvalue weighted by Gasteiger charge is -2.32. The first-order chi connectivity index (χ1) is 12.0. The summed E-state index contributed by atoms with van der Waals surface area (Å²) >= 11 is 0. The Morgan fingerprint density at radius 1 is 1.24 bits per heavy atom. The van der Waals surface area contributed by atoms with E-state index in [-0.39, 0.29) is 29.0 Å². The zero-order valence-electron chi connectivity index (χ0n) is 13.6. The predicted molar refractivity (Wildman–Crippen MR) is 90.7 cm³/mol. The topological polar surface area (TPSA) is 78.8 Å². The number of rotatable bonds is 5. The van der Waals surface area contributed by atoms with E-state index < -0.39 is 5.97 Å². The van der Waals surface area contributed by atoms with Gasteiger partial charge in [-0.3, -0.25) is 0 Å². The van der Waals surface area contributed by atoms with E-state index in [9.17, 15) is 14.3 Å². The number of carboxylic acid groups (broad SMARTS) is 1. The van der Waals surface area contributed by atoms with Crippen LogP contribution < -0.4 is 10.1 Å². The van der Waals surface area contributed by atoms with Crippen LogP contribution in [0.4, 0.5) is 4.39 Å². The largest absolute Gasteiger partial charge is 0.507 e. The van der Waals surface area contributed by atoms with Crippen molar-refractivity contribution in [2.45, 2.75) is 12.3 Å². The Morgan fingerprint density at radius 3 is 2.68 bits per heavy atom. The molecule has 2 aromatic rings. The molecule has 0 aromatic heterocycles. The van der Waals surface area contributed by atoms with Crippen LogP contribution in [-0.4, -0.2) is 35.9 Å². The lowest BCUT2D eigenvalue weighted by molar-refractivity contribution is 0.0693. The molecule has 1 fully saturated rings. The summed E-state index contributed by atoms with van der Waals surface area (Å²) in [6, 6.07) is 10.7. The van der Waals surface area contributed by atoms with Crippen LogP contribution in [0.3, 0.4) is 0 Å². The lowest BCUT2D eigenvalue weighted by atomic mass is 9.81. The number of ether oxygens (including phenoxy) is 1. The molecule has 1 aliphatic rings. The molecule has 25 heavy (non-hydrogen) atoms. The van der Waals surface area contributed by atoms with E-state index in [0.717, 1.165) is 25.1 Å². The fourth-order valence-electron chi connectivity index (χ4n) is 3.23. The zero-order chi connectivity index (χ0) is 17.8. The van der Waals surface area contributed by atoms with Crippen molar-refractivity contribution in [3.05, 3.63) is 59.4 Å². The summed E-state index contributed by atoms with van der Waals surface area (Å²) in [6.07, 6.45) is 0.933. The fourth-order valence-corrected chi connectivity index (χ4v) is 3.23. The second-order valence-corrected chi connectivity index (χ2v) is 6.21. The highest BCUT2D eigenvalue weighted by atomic mass is 19.1. The average molecular weight is 345 g/mol. The average Bonchev–Trinajstić information content (AvgIpc) is 2.61. The molecule has 0 unspecified atom stereocenters. The second kappa shape index (κ2) is 7.53. The van der Waals surface area contributed by atoms with Crippen LogP contribution in [0, 0.1) is 11.7 Å². The Balaban J connectivity index is 1.69. The van der Waals surface area contributed by atoms with Crippen molar-refractivity contribution in [1.29, 1.82) is 0 Å². The Labute approximate surface area is 145 Å². The molecule has 0 saturated carbocycles. The molecule has 6 heteroatoms. The van der Waals surface area contributed by atoms with Crippen molar-refractivity contribution in [2.75, 3.05) is 19.7 Å². The third-order valence-corrected chi connectivity index (χ3v) is 4.57. The second-order valence-electron chi connectivity index (χ2n) is 6.21. The van der Waals surface area contributed by atoms with Gasteiger partial charge >= 0.3 is 5.97 Å². The first kappa shape index (κ1) is 17.2. The van der Waals surface area contributed by atoms with E-state index in [1.165, 1.54) is 30.3 Å². The minimum atomic E-state index is -1.18. The van der Waals surface area contributed by atoms with Crippen LogP contribution in [0.25, 0.3) is 0 Å². The Kier molecular flexibility index (Phi) is 5.19. The summed E-state index contributed by atoms with van der Waals surface area (Å²) in [7, 11) is 0. The van der Waals surface area contributed by atoms with Gasteiger partial charge in [0.2, 0.25) is 0 Å². The van der Waals surface area contributed by atoms with Gasteiger partial charge < -0.3 is 20.3 Å². The third-order valence-electron chi connectivity index (χ3n) is 4.57. The molecule has 2 atom stereocenters.